The SMILES string of the molecule is CCCNCc1cc(C)ccc1N(CC(N)=O)CC(N)=O. The summed E-state index contributed by atoms with van der Waals surface area (Å²) < 4.78 is 0. The molecule has 0 aliphatic heterocycles. The van der Waals surface area contributed by atoms with Crippen molar-refractivity contribution in [2.75, 3.05) is 24.5 Å². The molecule has 6 nitrogen and oxygen atoms in total. The molecule has 1 rings (SSSR count). The number of primary amides is 2. The van der Waals surface area contributed by atoms with Gasteiger partial charge in [-0.25, -0.2) is 0 Å². The first-order valence-electron chi connectivity index (χ1n) is 7.05. The van der Waals surface area contributed by atoms with Gasteiger partial charge >= 0.3 is 0 Å². The van der Waals surface area contributed by atoms with Gasteiger partial charge in [0.2, 0.25) is 11.8 Å². The smallest absolute Gasteiger partial charge is 0.236 e. The number of hydrogen-bond donors (Lipinski definition) is 3. The van der Waals surface area contributed by atoms with Gasteiger partial charge in [-0.1, -0.05) is 24.6 Å². The molecule has 6 heteroatoms. The Balaban J connectivity index is 3.03. The lowest BCUT2D eigenvalue weighted by Gasteiger charge is -2.25. The zero-order valence-electron chi connectivity index (χ0n) is 12.7. The second kappa shape index (κ2) is 8.26. The van der Waals surface area contributed by atoms with Gasteiger partial charge in [-0.3, -0.25) is 9.59 Å². The summed E-state index contributed by atoms with van der Waals surface area (Å²) in [6.07, 6.45) is 1.04. The largest absolute Gasteiger partial charge is 0.368 e. The third kappa shape index (κ3) is 5.83. The number of rotatable bonds is 9. The summed E-state index contributed by atoms with van der Waals surface area (Å²) in [6.45, 7) is 5.59. The maximum Gasteiger partial charge on any atom is 0.236 e. The lowest BCUT2D eigenvalue weighted by Crippen LogP contribution is -2.40. The van der Waals surface area contributed by atoms with Gasteiger partial charge in [0.05, 0.1) is 13.1 Å². The average Bonchev–Trinajstić information content (AvgIpc) is 2.37. The van der Waals surface area contributed by atoms with Crippen molar-refractivity contribution < 1.29 is 9.59 Å². The summed E-state index contributed by atoms with van der Waals surface area (Å²) in [7, 11) is 0. The molecule has 0 bridgehead atoms. The van der Waals surface area contributed by atoms with Crippen molar-refractivity contribution in [2.45, 2.75) is 26.8 Å². The number of hydrogen-bond acceptors (Lipinski definition) is 4. The van der Waals surface area contributed by atoms with Crippen molar-refractivity contribution in [1.29, 1.82) is 0 Å². The van der Waals surface area contributed by atoms with E-state index in [-0.39, 0.29) is 13.1 Å². The minimum Gasteiger partial charge on any atom is -0.368 e. The van der Waals surface area contributed by atoms with Gasteiger partial charge in [-0.2, -0.15) is 0 Å². The Kier molecular flexibility index (Phi) is 6.68. The molecule has 1 aromatic rings. The number of nitrogens with one attached hydrogen (secondary N) is 1. The second-order valence-corrected chi connectivity index (χ2v) is 5.10. The van der Waals surface area contributed by atoms with E-state index >= 15 is 0 Å². The van der Waals surface area contributed by atoms with E-state index in [1.54, 1.807) is 4.90 Å². The molecule has 0 unspecified atom stereocenters. The molecular weight excluding hydrogens is 268 g/mol. The zero-order chi connectivity index (χ0) is 15.8. The number of carbonyl (C=O) groups excluding carboxylic acids is 2. The number of benzene rings is 1. The summed E-state index contributed by atoms with van der Waals surface area (Å²) >= 11 is 0. The molecule has 0 heterocycles. The second-order valence-electron chi connectivity index (χ2n) is 5.10. The molecule has 0 fully saturated rings. The Morgan fingerprint density at radius 1 is 1.19 bits per heavy atom. The fraction of sp³-hybridized carbons (Fsp3) is 0.467. The molecule has 0 aliphatic rings. The van der Waals surface area contributed by atoms with Crippen molar-refractivity contribution in [3.05, 3.63) is 29.3 Å². The monoisotopic (exact) mass is 292 g/mol. The van der Waals surface area contributed by atoms with E-state index in [9.17, 15) is 9.59 Å². The van der Waals surface area contributed by atoms with Crippen LogP contribution in [0.3, 0.4) is 0 Å². The molecule has 1 aromatic carbocycles. The highest BCUT2D eigenvalue weighted by atomic mass is 16.2. The molecule has 5 N–H and O–H groups in total. The van der Waals surface area contributed by atoms with E-state index in [4.69, 9.17) is 11.5 Å². The van der Waals surface area contributed by atoms with Crippen molar-refractivity contribution in [3.8, 4) is 0 Å². The van der Waals surface area contributed by atoms with Gasteiger partial charge in [0.25, 0.3) is 0 Å². The zero-order valence-corrected chi connectivity index (χ0v) is 12.7. The molecule has 0 radical (unpaired) electrons. The normalized spacial score (nSPS) is 10.4. The van der Waals surface area contributed by atoms with Gasteiger partial charge in [0.1, 0.15) is 0 Å². The van der Waals surface area contributed by atoms with Gasteiger partial charge in [0.15, 0.2) is 0 Å². The van der Waals surface area contributed by atoms with E-state index in [1.165, 1.54) is 0 Å². The van der Waals surface area contributed by atoms with Crippen LogP contribution in [0.1, 0.15) is 24.5 Å². The van der Waals surface area contributed by atoms with Crippen molar-refractivity contribution in [1.82, 2.24) is 5.32 Å². The summed E-state index contributed by atoms with van der Waals surface area (Å²) in [6, 6.07) is 5.87. The van der Waals surface area contributed by atoms with Crippen LogP contribution in [0.2, 0.25) is 0 Å². The number of anilines is 1. The fourth-order valence-electron chi connectivity index (χ4n) is 2.17. The molecule has 0 spiro atoms. The van der Waals surface area contributed by atoms with E-state index in [0.717, 1.165) is 29.8 Å². The molecule has 21 heavy (non-hydrogen) atoms. The van der Waals surface area contributed by atoms with Gasteiger partial charge < -0.3 is 21.7 Å². The molecule has 0 atom stereocenters. The lowest BCUT2D eigenvalue weighted by atomic mass is 10.1. The van der Waals surface area contributed by atoms with Crippen LogP contribution in [0.15, 0.2) is 18.2 Å². The third-order valence-corrected chi connectivity index (χ3v) is 3.01. The number of carbonyl (C=O) groups is 2. The number of nitrogens with zero attached hydrogens (tertiary/aromatic N) is 1. The Morgan fingerprint density at radius 3 is 2.33 bits per heavy atom. The molecule has 2 amide bonds. The Hall–Kier alpha value is -2.08. The first-order valence-corrected chi connectivity index (χ1v) is 7.05. The summed E-state index contributed by atoms with van der Waals surface area (Å²) in [4.78, 5) is 24.1. The third-order valence-electron chi connectivity index (χ3n) is 3.01. The summed E-state index contributed by atoms with van der Waals surface area (Å²) in [5, 5.41) is 3.32. The van der Waals surface area contributed by atoms with E-state index in [0.29, 0.717) is 6.54 Å². The van der Waals surface area contributed by atoms with Crippen LogP contribution >= 0.6 is 0 Å². The highest BCUT2D eigenvalue weighted by molar-refractivity contribution is 5.85. The standard InChI is InChI=1S/C15H24N4O2/c1-3-6-18-8-12-7-11(2)4-5-13(12)19(9-14(16)20)10-15(17)21/h4-5,7,18H,3,6,8-10H2,1-2H3,(H2,16,20)(H2,17,21). The molecular formula is C15H24N4O2. The van der Waals surface area contributed by atoms with E-state index in [2.05, 4.69) is 12.2 Å². The summed E-state index contributed by atoms with van der Waals surface area (Å²) in [5.74, 6) is -0.992. The van der Waals surface area contributed by atoms with Crippen LogP contribution < -0.4 is 21.7 Å². The van der Waals surface area contributed by atoms with Crippen LogP contribution in [0.25, 0.3) is 0 Å². The number of amides is 2. The van der Waals surface area contributed by atoms with Crippen LogP contribution in [0, 0.1) is 6.92 Å². The maximum atomic E-state index is 11.2. The fourth-order valence-corrected chi connectivity index (χ4v) is 2.17. The van der Waals surface area contributed by atoms with Gasteiger partial charge in [0, 0.05) is 12.2 Å². The lowest BCUT2D eigenvalue weighted by molar-refractivity contribution is -0.117. The van der Waals surface area contributed by atoms with Crippen molar-refractivity contribution >= 4 is 17.5 Å². The quantitative estimate of drug-likeness (QED) is 0.569. The van der Waals surface area contributed by atoms with Crippen LogP contribution in [-0.2, 0) is 16.1 Å². The average molecular weight is 292 g/mol. The van der Waals surface area contributed by atoms with Crippen molar-refractivity contribution in [2.24, 2.45) is 11.5 Å². The molecule has 0 saturated heterocycles. The predicted octanol–water partition coefficient (Wildman–Crippen LogP) is 0.272. The first-order chi connectivity index (χ1) is 9.93. The first kappa shape index (κ1) is 17.0. The van der Waals surface area contributed by atoms with Crippen molar-refractivity contribution in [3.63, 3.8) is 0 Å². The van der Waals surface area contributed by atoms with Crippen LogP contribution in [0.4, 0.5) is 5.69 Å². The highest BCUT2D eigenvalue weighted by Crippen LogP contribution is 2.22. The number of nitrogens with two attached hydrogens (primary N) is 2. The predicted molar refractivity (Wildman–Crippen MR) is 83.8 cm³/mol. The van der Waals surface area contributed by atoms with Gasteiger partial charge in [-0.05, 0) is 31.5 Å². The Bertz CT molecular complexity index is 486. The van der Waals surface area contributed by atoms with E-state index < -0.39 is 11.8 Å². The minimum absolute atomic E-state index is 0.0349. The van der Waals surface area contributed by atoms with Gasteiger partial charge in [-0.15, -0.1) is 0 Å². The number of aryl methyl sites for hydroxylation is 1. The van der Waals surface area contributed by atoms with E-state index in [1.807, 2.05) is 25.1 Å². The van der Waals surface area contributed by atoms with Crippen LogP contribution in [-0.4, -0.2) is 31.4 Å². The molecule has 0 aliphatic carbocycles. The Labute approximate surface area is 125 Å². The maximum absolute atomic E-state index is 11.2. The highest BCUT2D eigenvalue weighted by Gasteiger charge is 2.15. The topological polar surface area (TPSA) is 101 Å². The van der Waals surface area contributed by atoms with Crippen LogP contribution in [0.5, 0.6) is 0 Å². The molecule has 0 saturated carbocycles. The Morgan fingerprint density at radius 2 is 1.81 bits per heavy atom. The minimum atomic E-state index is -0.496. The molecule has 116 valence electrons. The molecule has 0 aromatic heterocycles. The summed E-state index contributed by atoms with van der Waals surface area (Å²) in [5.41, 5.74) is 13.5.